The van der Waals surface area contributed by atoms with Crippen LogP contribution in [0.5, 0.6) is 0 Å². The summed E-state index contributed by atoms with van der Waals surface area (Å²) in [5.41, 5.74) is 2.80. The lowest BCUT2D eigenvalue weighted by molar-refractivity contribution is -0.141. The quantitative estimate of drug-likeness (QED) is 0.311. The zero-order valence-electron chi connectivity index (χ0n) is 25.0. The molecule has 3 amide bonds. The van der Waals surface area contributed by atoms with Gasteiger partial charge in [-0.2, -0.15) is 0 Å². The molecule has 0 saturated carbocycles. The van der Waals surface area contributed by atoms with Crippen LogP contribution in [0.3, 0.4) is 0 Å². The number of aryl methyl sites for hydroxylation is 2. The van der Waals surface area contributed by atoms with E-state index in [1.807, 2.05) is 76.2 Å². The number of anilines is 1. The number of benzene rings is 2. The minimum absolute atomic E-state index is 0.130. The van der Waals surface area contributed by atoms with Crippen molar-refractivity contribution in [1.82, 2.24) is 10.2 Å². The summed E-state index contributed by atoms with van der Waals surface area (Å²) in [5.74, 6) is -0.462. The molecule has 0 radical (unpaired) electrons. The van der Waals surface area contributed by atoms with Gasteiger partial charge in [0, 0.05) is 12.2 Å². The molecule has 7 heteroatoms. The number of ether oxygens (including phenoxy) is 1. The van der Waals surface area contributed by atoms with Crippen molar-refractivity contribution < 1.29 is 19.1 Å². The van der Waals surface area contributed by atoms with E-state index in [9.17, 15) is 14.4 Å². The molecule has 2 rings (SSSR count). The maximum Gasteiger partial charge on any atom is 0.408 e. The molecule has 2 aromatic carbocycles. The second-order valence-electron chi connectivity index (χ2n) is 11.5. The predicted octanol–water partition coefficient (Wildman–Crippen LogP) is 6.81. The molecule has 39 heavy (non-hydrogen) atoms. The lowest BCUT2D eigenvalue weighted by Gasteiger charge is -2.35. The van der Waals surface area contributed by atoms with E-state index in [0.29, 0.717) is 25.1 Å². The van der Waals surface area contributed by atoms with Crippen molar-refractivity contribution in [3.63, 3.8) is 0 Å². The van der Waals surface area contributed by atoms with E-state index < -0.39 is 23.8 Å². The van der Waals surface area contributed by atoms with Gasteiger partial charge in [-0.05, 0) is 75.6 Å². The topological polar surface area (TPSA) is 87.7 Å². The van der Waals surface area contributed by atoms with Gasteiger partial charge < -0.3 is 20.3 Å². The molecule has 0 fully saturated rings. The van der Waals surface area contributed by atoms with Gasteiger partial charge >= 0.3 is 6.09 Å². The lowest BCUT2D eigenvalue weighted by Crippen LogP contribution is -2.53. The third kappa shape index (κ3) is 10.0. The zero-order valence-corrected chi connectivity index (χ0v) is 25.0. The summed E-state index contributed by atoms with van der Waals surface area (Å²) in [5, 5.41) is 5.86. The summed E-state index contributed by atoms with van der Waals surface area (Å²) < 4.78 is 5.47. The summed E-state index contributed by atoms with van der Waals surface area (Å²) in [6, 6.07) is 13.7. The number of amides is 3. The van der Waals surface area contributed by atoms with Crippen LogP contribution in [0.4, 0.5) is 10.5 Å². The van der Waals surface area contributed by atoms with Gasteiger partial charge in [0.25, 0.3) is 5.91 Å². The van der Waals surface area contributed by atoms with Crippen LogP contribution >= 0.6 is 0 Å². The van der Waals surface area contributed by atoms with E-state index in [1.54, 1.807) is 25.7 Å². The number of nitrogens with zero attached hydrogens (tertiary/aromatic N) is 1. The Bertz CT molecular complexity index is 1090. The highest BCUT2D eigenvalue weighted by Crippen LogP contribution is 2.27. The number of hydrogen-bond donors (Lipinski definition) is 2. The van der Waals surface area contributed by atoms with Crippen LogP contribution < -0.4 is 10.6 Å². The maximum atomic E-state index is 14.2. The van der Waals surface area contributed by atoms with Crippen LogP contribution in [0, 0.1) is 12.8 Å². The first kappa shape index (κ1) is 31.9. The van der Waals surface area contributed by atoms with Crippen LogP contribution in [-0.2, 0) is 20.7 Å². The molecule has 0 aliphatic heterocycles. The van der Waals surface area contributed by atoms with Crippen LogP contribution in [0.25, 0.3) is 0 Å². The average Bonchev–Trinajstić information content (AvgIpc) is 2.85. The largest absolute Gasteiger partial charge is 0.444 e. The molecule has 0 bridgehead atoms. The summed E-state index contributed by atoms with van der Waals surface area (Å²) in [7, 11) is 0. The Morgan fingerprint density at radius 2 is 1.62 bits per heavy atom. The summed E-state index contributed by atoms with van der Waals surface area (Å²) in [4.78, 5) is 42.5. The van der Waals surface area contributed by atoms with Crippen LogP contribution in [0.1, 0.15) is 90.5 Å². The molecule has 0 heterocycles. The van der Waals surface area contributed by atoms with Gasteiger partial charge in [0.2, 0.25) is 5.91 Å². The van der Waals surface area contributed by atoms with Gasteiger partial charge in [0.15, 0.2) is 0 Å². The minimum Gasteiger partial charge on any atom is -0.444 e. The van der Waals surface area contributed by atoms with Gasteiger partial charge in [-0.1, -0.05) is 76.6 Å². The summed E-state index contributed by atoms with van der Waals surface area (Å²) >= 11 is 0. The third-order valence-corrected chi connectivity index (χ3v) is 6.40. The lowest BCUT2D eigenvalue weighted by atomic mass is 9.97. The van der Waals surface area contributed by atoms with E-state index >= 15 is 0 Å². The van der Waals surface area contributed by atoms with Crippen molar-refractivity contribution in [3.8, 4) is 0 Å². The van der Waals surface area contributed by atoms with Crippen molar-refractivity contribution in [2.45, 2.75) is 98.8 Å². The van der Waals surface area contributed by atoms with Gasteiger partial charge in [-0.15, -0.1) is 0 Å². The third-order valence-electron chi connectivity index (χ3n) is 6.40. The Hall–Kier alpha value is -3.35. The number of carbonyl (C=O) groups excluding carboxylic acids is 3. The molecule has 2 N–H and O–H groups in total. The molecule has 0 aliphatic rings. The first-order chi connectivity index (χ1) is 18.4. The second-order valence-corrected chi connectivity index (χ2v) is 11.5. The number of para-hydroxylation sites is 1. The summed E-state index contributed by atoms with van der Waals surface area (Å²) in [6.07, 6.45) is 2.20. The van der Waals surface area contributed by atoms with E-state index in [-0.39, 0.29) is 17.7 Å². The molecule has 7 nitrogen and oxygen atoms in total. The van der Waals surface area contributed by atoms with Crippen molar-refractivity contribution >= 4 is 23.6 Å². The highest BCUT2D eigenvalue weighted by atomic mass is 16.6. The first-order valence-corrected chi connectivity index (χ1v) is 14.1. The Morgan fingerprint density at radius 1 is 0.974 bits per heavy atom. The number of unbranched alkanes of at least 4 members (excludes halogenated alkanes) is 1. The van der Waals surface area contributed by atoms with Crippen LogP contribution in [0.2, 0.25) is 0 Å². The standard InChI is InChI=1S/C32H47N3O4/c1-9-11-20-35(30(37)27(21-22(3)4)34-31(38)39-32(6,7)8)28(25-18-16-24(10-2)17-19-25)29(36)33-26-15-13-12-14-23(26)5/h12-19,22,27-28H,9-11,20-21H2,1-8H3,(H,33,36)(H,34,38). The molecule has 0 spiro atoms. The highest BCUT2D eigenvalue weighted by Gasteiger charge is 2.36. The van der Waals surface area contributed by atoms with E-state index in [2.05, 4.69) is 17.6 Å². The number of hydrogen-bond acceptors (Lipinski definition) is 4. The highest BCUT2D eigenvalue weighted by molar-refractivity contribution is 5.99. The molecule has 2 aromatic rings. The number of carbonyl (C=O) groups is 3. The maximum absolute atomic E-state index is 14.2. The van der Waals surface area contributed by atoms with Crippen molar-refractivity contribution in [3.05, 3.63) is 65.2 Å². The molecular formula is C32H47N3O4. The Morgan fingerprint density at radius 3 is 2.15 bits per heavy atom. The Labute approximate surface area is 234 Å². The zero-order chi connectivity index (χ0) is 29.2. The van der Waals surface area contributed by atoms with Gasteiger partial charge in [0.05, 0.1) is 0 Å². The van der Waals surface area contributed by atoms with E-state index in [1.165, 1.54) is 0 Å². The molecule has 2 unspecified atom stereocenters. The predicted molar refractivity (Wildman–Crippen MR) is 158 cm³/mol. The van der Waals surface area contributed by atoms with Gasteiger partial charge in [-0.3, -0.25) is 9.59 Å². The van der Waals surface area contributed by atoms with E-state index in [4.69, 9.17) is 4.74 Å². The fraction of sp³-hybridized carbons (Fsp3) is 0.531. The Kier molecular flexibility index (Phi) is 12.0. The molecule has 2 atom stereocenters. The molecule has 0 aromatic heterocycles. The van der Waals surface area contributed by atoms with Gasteiger partial charge in [-0.25, -0.2) is 4.79 Å². The molecule has 0 aliphatic carbocycles. The van der Waals surface area contributed by atoms with Crippen molar-refractivity contribution in [2.24, 2.45) is 5.92 Å². The molecule has 0 saturated heterocycles. The van der Waals surface area contributed by atoms with Crippen LogP contribution in [0.15, 0.2) is 48.5 Å². The normalized spacial score (nSPS) is 12.9. The fourth-order valence-corrected chi connectivity index (χ4v) is 4.36. The first-order valence-electron chi connectivity index (χ1n) is 14.1. The number of rotatable bonds is 12. The summed E-state index contributed by atoms with van der Waals surface area (Å²) in [6.45, 7) is 15.8. The number of alkyl carbamates (subject to hydrolysis) is 1. The van der Waals surface area contributed by atoms with E-state index in [0.717, 1.165) is 29.5 Å². The smallest absolute Gasteiger partial charge is 0.408 e. The SMILES string of the molecule is CCCCN(C(=O)C(CC(C)C)NC(=O)OC(C)(C)C)C(C(=O)Nc1ccccc1C)c1ccc(CC)cc1. The molecular weight excluding hydrogens is 490 g/mol. The monoisotopic (exact) mass is 537 g/mol. The molecule has 214 valence electrons. The van der Waals surface area contributed by atoms with Crippen molar-refractivity contribution in [1.29, 1.82) is 0 Å². The minimum atomic E-state index is -0.871. The average molecular weight is 538 g/mol. The van der Waals surface area contributed by atoms with Crippen molar-refractivity contribution in [2.75, 3.05) is 11.9 Å². The Balaban J connectivity index is 2.54. The van der Waals surface area contributed by atoms with Crippen LogP contribution in [-0.4, -0.2) is 41.0 Å². The fourth-order valence-electron chi connectivity index (χ4n) is 4.36. The second kappa shape index (κ2) is 14.7. The number of nitrogens with one attached hydrogen (secondary N) is 2. The van der Waals surface area contributed by atoms with Gasteiger partial charge in [0.1, 0.15) is 17.7 Å².